The zero-order valence-corrected chi connectivity index (χ0v) is 4.14. The van der Waals surface area contributed by atoms with Crippen molar-refractivity contribution in [2.24, 2.45) is 0 Å². The summed E-state index contributed by atoms with van der Waals surface area (Å²) in [5.41, 5.74) is 4.12. The molecule has 0 radical (unpaired) electrons. The molecule has 0 heterocycles. The van der Waals surface area contributed by atoms with Crippen molar-refractivity contribution in [2.45, 2.75) is 0 Å². The van der Waals surface area contributed by atoms with Gasteiger partial charge in [-0.05, 0) is 0 Å². The standard InChI is InChI=1S/C4H6N2O2/c1-2-3-5-6-4(7)8/h1,5-6H,3H2,(H,7,8). The molecule has 0 bridgehead atoms. The van der Waals surface area contributed by atoms with E-state index >= 15 is 0 Å². The third-order valence-electron chi connectivity index (χ3n) is 0.386. The smallest absolute Gasteiger partial charge is 0.419 e. The van der Waals surface area contributed by atoms with E-state index < -0.39 is 6.09 Å². The fourth-order valence-electron chi connectivity index (χ4n) is 0.171. The van der Waals surface area contributed by atoms with Gasteiger partial charge in [0, 0.05) is 0 Å². The highest BCUT2D eigenvalue weighted by atomic mass is 16.4. The van der Waals surface area contributed by atoms with Crippen molar-refractivity contribution in [3.8, 4) is 12.3 Å². The van der Waals surface area contributed by atoms with Gasteiger partial charge in [-0.15, -0.1) is 6.42 Å². The van der Waals surface area contributed by atoms with E-state index in [4.69, 9.17) is 11.5 Å². The van der Waals surface area contributed by atoms with E-state index in [-0.39, 0.29) is 6.54 Å². The fourth-order valence-corrected chi connectivity index (χ4v) is 0.171. The molecule has 0 saturated heterocycles. The largest absolute Gasteiger partial charge is 0.464 e. The number of nitrogens with one attached hydrogen (secondary N) is 2. The molecule has 4 nitrogen and oxygen atoms in total. The molecule has 0 atom stereocenters. The van der Waals surface area contributed by atoms with Crippen LogP contribution in [0.2, 0.25) is 0 Å². The van der Waals surface area contributed by atoms with Crippen LogP contribution in [0.25, 0.3) is 0 Å². The molecule has 0 aromatic rings. The first-order chi connectivity index (χ1) is 3.77. The average molecular weight is 114 g/mol. The zero-order chi connectivity index (χ0) is 6.41. The molecule has 3 N–H and O–H groups in total. The summed E-state index contributed by atoms with van der Waals surface area (Å²) in [6.45, 7) is 0.201. The fraction of sp³-hybridized carbons (Fsp3) is 0.250. The number of carbonyl (C=O) groups is 1. The van der Waals surface area contributed by atoms with E-state index in [0.717, 1.165) is 0 Å². The number of hydrazine groups is 1. The van der Waals surface area contributed by atoms with Crippen molar-refractivity contribution in [1.29, 1.82) is 0 Å². The summed E-state index contributed by atoms with van der Waals surface area (Å²) in [5, 5.41) is 7.90. The number of hydrogen-bond acceptors (Lipinski definition) is 2. The third-order valence-corrected chi connectivity index (χ3v) is 0.386. The molecule has 0 aromatic heterocycles. The molecule has 0 aromatic carbocycles. The van der Waals surface area contributed by atoms with Crippen LogP contribution in [0.4, 0.5) is 4.79 Å². The van der Waals surface area contributed by atoms with Gasteiger partial charge in [0.15, 0.2) is 0 Å². The molecule has 0 spiro atoms. The Kier molecular flexibility index (Phi) is 3.36. The third kappa shape index (κ3) is 4.79. The lowest BCUT2D eigenvalue weighted by atomic mass is 10.7. The summed E-state index contributed by atoms with van der Waals surface area (Å²) < 4.78 is 0. The number of rotatable bonds is 2. The summed E-state index contributed by atoms with van der Waals surface area (Å²) in [6, 6.07) is 0. The first-order valence-electron chi connectivity index (χ1n) is 1.92. The molecular weight excluding hydrogens is 108 g/mol. The molecule has 0 aliphatic rings. The Morgan fingerprint density at radius 1 is 1.88 bits per heavy atom. The van der Waals surface area contributed by atoms with Crippen LogP contribution >= 0.6 is 0 Å². The van der Waals surface area contributed by atoms with Crippen molar-refractivity contribution in [2.75, 3.05) is 6.54 Å². The van der Waals surface area contributed by atoms with Gasteiger partial charge in [-0.25, -0.2) is 10.2 Å². The highest BCUT2D eigenvalue weighted by Crippen LogP contribution is 1.51. The molecule has 0 aliphatic heterocycles. The molecule has 44 valence electrons. The van der Waals surface area contributed by atoms with Crippen LogP contribution in [0, 0.1) is 12.3 Å². The van der Waals surface area contributed by atoms with Crippen LogP contribution in [0.15, 0.2) is 0 Å². The van der Waals surface area contributed by atoms with Crippen molar-refractivity contribution in [3.05, 3.63) is 0 Å². The minimum Gasteiger partial charge on any atom is -0.464 e. The lowest BCUT2D eigenvalue weighted by Gasteiger charge is -1.95. The second-order valence-electron chi connectivity index (χ2n) is 0.988. The Labute approximate surface area is 46.9 Å². The maximum absolute atomic E-state index is 9.63. The topological polar surface area (TPSA) is 61.4 Å². The van der Waals surface area contributed by atoms with Crippen LogP contribution in [0.3, 0.4) is 0 Å². The van der Waals surface area contributed by atoms with Crippen molar-refractivity contribution in [3.63, 3.8) is 0 Å². The van der Waals surface area contributed by atoms with E-state index in [0.29, 0.717) is 0 Å². The van der Waals surface area contributed by atoms with E-state index in [9.17, 15) is 4.79 Å². The van der Waals surface area contributed by atoms with Crippen LogP contribution < -0.4 is 10.9 Å². The first-order valence-corrected chi connectivity index (χ1v) is 1.92. The van der Waals surface area contributed by atoms with Gasteiger partial charge >= 0.3 is 6.09 Å². The molecule has 0 rings (SSSR count). The zero-order valence-electron chi connectivity index (χ0n) is 4.14. The van der Waals surface area contributed by atoms with Crippen molar-refractivity contribution < 1.29 is 9.90 Å². The Hall–Kier alpha value is -1.21. The van der Waals surface area contributed by atoms with Crippen LogP contribution in [0.1, 0.15) is 0 Å². The van der Waals surface area contributed by atoms with Crippen LogP contribution in [0.5, 0.6) is 0 Å². The second-order valence-corrected chi connectivity index (χ2v) is 0.988. The summed E-state index contributed by atoms with van der Waals surface area (Å²) in [4.78, 5) is 9.63. The van der Waals surface area contributed by atoms with E-state index in [2.05, 4.69) is 11.3 Å². The van der Waals surface area contributed by atoms with E-state index in [1.54, 1.807) is 0 Å². The monoisotopic (exact) mass is 114 g/mol. The molecule has 1 amide bonds. The number of hydrogen-bond donors (Lipinski definition) is 3. The number of terminal acetylenes is 1. The predicted octanol–water partition coefficient (Wildman–Crippen LogP) is -0.608. The summed E-state index contributed by atoms with van der Waals surface area (Å²) in [6.07, 6.45) is 3.63. The highest BCUT2D eigenvalue weighted by molar-refractivity contribution is 5.63. The summed E-state index contributed by atoms with van der Waals surface area (Å²) >= 11 is 0. The highest BCUT2D eigenvalue weighted by Gasteiger charge is 1.86. The summed E-state index contributed by atoms with van der Waals surface area (Å²) in [5.74, 6) is 2.19. The van der Waals surface area contributed by atoms with Gasteiger partial charge < -0.3 is 5.11 Å². The van der Waals surface area contributed by atoms with Crippen molar-refractivity contribution >= 4 is 6.09 Å². The van der Waals surface area contributed by atoms with Gasteiger partial charge in [-0.1, -0.05) is 5.92 Å². The van der Waals surface area contributed by atoms with Gasteiger partial charge in [0.25, 0.3) is 0 Å². The van der Waals surface area contributed by atoms with Gasteiger partial charge in [0.2, 0.25) is 0 Å². The normalized spacial score (nSPS) is 7.38. The Morgan fingerprint density at radius 3 is 2.88 bits per heavy atom. The van der Waals surface area contributed by atoms with Crippen LogP contribution in [-0.2, 0) is 0 Å². The Bertz CT molecular complexity index is 116. The van der Waals surface area contributed by atoms with Gasteiger partial charge in [-0.2, -0.15) is 0 Å². The molecule has 0 unspecified atom stereocenters. The lowest BCUT2D eigenvalue weighted by molar-refractivity contribution is 0.190. The maximum Gasteiger partial charge on any atom is 0.419 e. The maximum atomic E-state index is 9.63. The van der Waals surface area contributed by atoms with E-state index in [1.165, 1.54) is 0 Å². The predicted molar refractivity (Wildman–Crippen MR) is 28.0 cm³/mol. The minimum atomic E-state index is -1.14. The quantitative estimate of drug-likeness (QED) is 0.255. The number of carboxylic acid groups (broad SMARTS) is 1. The van der Waals surface area contributed by atoms with Crippen molar-refractivity contribution in [1.82, 2.24) is 10.9 Å². The van der Waals surface area contributed by atoms with Crippen LogP contribution in [-0.4, -0.2) is 17.7 Å². The molecule has 4 heteroatoms. The van der Waals surface area contributed by atoms with Gasteiger partial charge in [0.05, 0.1) is 6.54 Å². The summed E-state index contributed by atoms with van der Waals surface area (Å²) in [7, 11) is 0. The SMILES string of the molecule is C#CCNNC(=O)O. The average Bonchev–Trinajstić information content (AvgIpc) is 1.66. The molecule has 8 heavy (non-hydrogen) atoms. The Morgan fingerprint density at radius 2 is 2.50 bits per heavy atom. The second kappa shape index (κ2) is 3.96. The minimum absolute atomic E-state index is 0.201. The first kappa shape index (κ1) is 6.79. The molecule has 0 saturated carbocycles. The molecular formula is C4H6N2O2. The van der Waals surface area contributed by atoms with Gasteiger partial charge in [0.1, 0.15) is 0 Å². The number of amides is 1. The molecule has 0 fully saturated rings. The molecule has 0 aliphatic carbocycles. The Balaban J connectivity index is 2.97. The van der Waals surface area contributed by atoms with Gasteiger partial charge in [-0.3, -0.25) is 5.43 Å². The van der Waals surface area contributed by atoms with E-state index in [1.807, 2.05) is 5.43 Å². The lowest BCUT2D eigenvalue weighted by Crippen LogP contribution is -2.36.